The highest BCUT2D eigenvalue weighted by Gasteiger charge is 2.32. The van der Waals surface area contributed by atoms with E-state index in [1.54, 1.807) is 13.8 Å². The molecule has 30 heavy (non-hydrogen) atoms. The largest absolute Gasteiger partial charge is 0.480 e. The highest BCUT2D eigenvalue weighted by Crippen LogP contribution is 2.08. The molecule has 4 atom stereocenters. The number of carbonyl (C=O) groups excluding carboxylic acids is 3. The molecule has 0 saturated carbocycles. The van der Waals surface area contributed by atoms with Gasteiger partial charge in [-0.2, -0.15) is 0 Å². The summed E-state index contributed by atoms with van der Waals surface area (Å²) in [5, 5.41) is 29.3. The van der Waals surface area contributed by atoms with Gasteiger partial charge in [0.25, 0.3) is 0 Å². The molecule has 1 saturated heterocycles. The lowest BCUT2D eigenvalue weighted by molar-refractivity contribution is -0.143. The van der Waals surface area contributed by atoms with E-state index in [-0.39, 0.29) is 12.3 Å². The zero-order valence-corrected chi connectivity index (χ0v) is 17.6. The number of hydrogen-bond acceptors (Lipinski definition) is 7. The van der Waals surface area contributed by atoms with Crippen molar-refractivity contribution < 1.29 is 29.4 Å². The van der Waals surface area contributed by atoms with Crippen LogP contribution in [0.15, 0.2) is 0 Å². The van der Waals surface area contributed by atoms with Crippen LogP contribution in [0, 0.1) is 5.92 Å². The molecule has 11 heteroatoms. The van der Waals surface area contributed by atoms with Crippen molar-refractivity contribution in [3.05, 3.63) is 0 Å². The van der Waals surface area contributed by atoms with E-state index in [4.69, 9.17) is 5.73 Å². The first-order chi connectivity index (χ1) is 14.2. The highest BCUT2D eigenvalue weighted by molar-refractivity contribution is 5.94. The Balaban J connectivity index is 2.72. The second-order valence-electron chi connectivity index (χ2n) is 7.81. The fourth-order valence-electron chi connectivity index (χ4n) is 3.18. The molecule has 0 aromatic heterocycles. The number of aliphatic hydroxyl groups excluding tert-OH is 1. The van der Waals surface area contributed by atoms with Crippen LogP contribution in [0.25, 0.3) is 0 Å². The average Bonchev–Trinajstić information content (AvgIpc) is 3.23. The summed E-state index contributed by atoms with van der Waals surface area (Å²) >= 11 is 0. The maximum absolute atomic E-state index is 12.6. The predicted octanol–water partition coefficient (Wildman–Crippen LogP) is -1.95. The molecule has 11 nitrogen and oxygen atoms in total. The number of carboxylic acids is 1. The average molecular weight is 430 g/mol. The second-order valence-corrected chi connectivity index (χ2v) is 7.81. The number of aliphatic carboxylic acids is 1. The lowest BCUT2D eigenvalue weighted by Crippen LogP contribution is -2.59. The van der Waals surface area contributed by atoms with Crippen LogP contribution in [0.2, 0.25) is 0 Å². The summed E-state index contributed by atoms with van der Waals surface area (Å²) in [4.78, 5) is 48.8. The zero-order chi connectivity index (χ0) is 22.7. The van der Waals surface area contributed by atoms with Gasteiger partial charge in [-0.1, -0.05) is 13.8 Å². The molecule has 1 heterocycles. The van der Waals surface area contributed by atoms with Crippen molar-refractivity contribution in [3.8, 4) is 0 Å². The molecular formula is C19H35N5O6. The molecule has 8 N–H and O–H groups in total. The number of carbonyl (C=O) groups is 4. The van der Waals surface area contributed by atoms with Gasteiger partial charge in [-0.25, -0.2) is 4.79 Å². The number of nitrogens with one attached hydrogen (secondary N) is 4. The Bertz CT molecular complexity index is 594. The van der Waals surface area contributed by atoms with Crippen LogP contribution < -0.4 is 27.0 Å². The molecule has 0 bridgehead atoms. The SMILES string of the molecule is CC(C)C(NC(=O)C(CO)NC(=O)C1CCCN1)C(=O)NC(CCCCN)C(=O)O. The van der Waals surface area contributed by atoms with E-state index >= 15 is 0 Å². The van der Waals surface area contributed by atoms with Gasteiger partial charge in [0.15, 0.2) is 0 Å². The van der Waals surface area contributed by atoms with Crippen LogP contribution in [0.3, 0.4) is 0 Å². The van der Waals surface area contributed by atoms with Crippen molar-refractivity contribution in [2.75, 3.05) is 19.7 Å². The zero-order valence-electron chi connectivity index (χ0n) is 17.6. The highest BCUT2D eigenvalue weighted by atomic mass is 16.4. The third kappa shape index (κ3) is 8.25. The van der Waals surface area contributed by atoms with Gasteiger partial charge in [-0.05, 0) is 51.1 Å². The fourth-order valence-corrected chi connectivity index (χ4v) is 3.18. The standard InChI is InChI=1S/C19H35N5O6/c1-11(2)15(18(28)22-13(19(29)30)6-3-4-8-20)24-17(27)14(10-25)23-16(26)12-7-5-9-21-12/h11-15,21,25H,3-10,20H2,1-2H3,(H,22,28)(H,23,26)(H,24,27)(H,29,30). The Hall–Kier alpha value is -2.24. The Morgan fingerprint density at radius 3 is 2.27 bits per heavy atom. The van der Waals surface area contributed by atoms with Crippen LogP contribution in [0.1, 0.15) is 46.0 Å². The van der Waals surface area contributed by atoms with Gasteiger partial charge in [0.2, 0.25) is 17.7 Å². The topological polar surface area (TPSA) is 183 Å². The third-order valence-electron chi connectivity index (χ3n) is 5.00. The second kappa shape index (κ2) is 13.1. The molecule has 1 fully saturated rings. The van der Waals surface area contributed by atoms with Gasteiger partial charge in [-0.3, -0.25) is 14.4 Å². The van der Waals surface area contributed by atoms with E-state index in [1.165, 1.54) is 0 Å². The third-order valence-corrected chi connectivity index (χ3v) is 5.00. The van der Waals surface area contributed by atoms with E-state index in [0.29, 0.717) is 32.4 Å². The number of rotatable bonds is 13. The summed E-state index contributed by atoms with van der Waals surface area (Å²) in [6.07, 6.45) is 2.89. The lowest BCUT2D eigenvalue weighted by Gasteiger charge is -2.26. The molecule has 0 spiro atoms. The van der Waals surface area contributed by atoms with Crippen LogP contribution in [0.4, 0.5) is 0 Å². The summed E-state index contributed by atoms with van der Waals surface area (Å²) < 4.78 is 0. The van der Waals surface area contributed by atoms with E-state index in [1.807, 2.05) is 0 Å². The van der Waals surface area contributed by atoms with Gasteiger partial charge in [-0.15, -0.1) is 0 Å². The fraction of sp³-hybridized carbons (Fsp3) is 0.789. The van der Waals surface area contributed by atoms with Gasteiger partial charge in [0.1, 0.15) is 18.1 Å². The van der Waals surface area contributed by atoms with Crippen molar-refractivity contribution >= 4 is 23.7 Å². The molecule has 3 amide bonds. The molecule has 0 aromatic carbocycles. The summed E-state index contributed by atoms with van der Waals surface area (Å²) in [6, 6.07) is -3.75. The predicted molar refractivity (Wildman–Crippen MR) is 109 cm³/mol. The van der Waals surface area contributed by atoms with Gasteiger partial charge in [0.05, 0.1) is 12.6 Å². The van der Waals surface area contributed by atoms with Crippen molar-refractivity contribution in [2.24, 2.45) is 11.7 Å². The van der Waals surface area contributed by atoms with Crippen molar-refractivity contribution in [1.29, 1.82) is 0 Å². The summed E-state index contributed by atoms with van der Waals surface area (Å²) in [6.45, 7) is 3.90. The van der Waals surface area contributed by atoms with Gasteiger partial charge in [0, 0.05) is 0 Å². The summed E-state index contributed by atoms with van der Waals surface area (Å²) in [5.41, 5.74) is 5.41. The Morgan fingerprint density at radius 2 is 1.77 bits per heavy atom. The summed E-state index contributed by atoms with van der Waals surface area (Å²) in [5.74, 6) is -3.26. The number of nitrogens with two attached hydrogens (primary N) is 1. The number of aliphatic hydroxyl groups is 1. The number of carboxylic acid groups (broad SMARTS) is 1. The van der Waals surface area contributed by atoms with E-state index in [0.717, 1.165) is 6.42 Å². The van der Waals surface area contributed by atoms with Crippen LogP contribution in [-0.2, 0) is 19.2 Å². The van der Waals surface area contributed by atoms with Gasteiger partial charge < -0.3 is 37.2 Å². The number of hydrogen-bond donors (Lipinski definition) is 7. The smallest absolute Gasteiger partial charge is 0.326 e. The quantitative estimate of drug-likeness (QED) is 0.165. The van der Waals surface area contributed by atoms with Gasteiger partial charge >= 0.3 is 5.97 Å². The molecule has 1 aliphatic heterocycles. The maximum atomic E-state index is 12.6. The Morgan fingerprint density at radius 1 is 1.07 bits per heavy atom. The van der Waals surface area contributed by atoms with E-state index in [2.05, 4.69) is 21.3 Å². The monoisotopic (exact) mass is 429 g/mol. The molecule has 4 unspecified atom stereocenters. The molecule has 0 aliphatic carbocycles. The molecule has 1 rings (SSSR count). The van der Waals surface area contributed by atoms with E-state index in [9.17, 15) is 29.4 Å². The molecule has 0 aromatic rings. The van der Waals surface area contributed by atoms with Crippen LogP contribution in [-0.4, -0.2) is 77.8 Å². The molecular weight excluding hydrogens is 394 g/mol. The number of unbranched alkanes of at least 4 members (excludes halogenated alkanes) is 1. The minimum Gasteiger partial charge on any atom is -0.480 e. The Kier molecular flexibility index (Phi) is 11.3. The first kappa shape index (κ1) is 25.8. The summed E-state index contributed by atoms with van der Waals surface area (Å²) in [7, 11) is 0. The minimum absolute atomic E-state index is 0.223. The molecule has 1 aliphatic rings. The van der Waals surface area contributed by atoms with Crippen molar-refractivity contribution in [3.63, 3.8) is 0 Å². The van der Waals surface area contributed by atoms with Crippen LogP contribution >= 0.6 is 0 Å². The van der Waals surface area contributed by atoms with Crippen molar-refractivity contribution in [1.82, 2.24) is 21.3 Å². The molecule has 0 radical (unpaired) electrons. The lowest BCUT2D eigenvalue weighted by atomic mass is 10.0. The van der Waals surface area contributed by atoms with E-state index < -0.39 is 54.5 Å². The normalized spacial score (nSPS) is 19.0. The first-order valence-corrected chi connectivity index (χ1v) is 10.4. The minimum atomic E-state index is -1.21. The number of amides is 3. The maximum Gasteiger partial charge on any atom is 0.326 e. The first-order valence-electron chi connectivity index (χ1n) is 10.4. The van der Waals surface area contributed by atoms with Crippen LogP contribution in [0.5, 0.6) is 0 Å². The van der Waals surface area contributed by atoms with Crippen molar-refractivity contribution in [2.45, 2.75) is 70.1 Å². The Labute approximate surface area is 176 Å². The molecule has 172 valence electrons.